The first-order chi connectivity index (χ1) is 16.8. The van der Waals surface area contributed by atoms with Crippen molar-refractivity contribution in [3.8, 4) is 0 Å². The van der Waals surface area contributed by atoms with Gasteiger partial charge in [0.2, 0.25) is 0 Å². The Balaban J connectivity index is 1.99. The molecule has 0 aromatic carbocycles. The number of nitrogens with zero attached hydrogens (tertiary/aromatic N) is 3. The summed E-state index contributed by atoms with van der Waals surface area (Å²) in [6, 6.07) is 1.44. The molecule has 2 rings (SSSR count). The Bertz CT molecular complexity index is 1100. The minimum absolute atomic E-state index is 0.00511. The molecule has 0 saturated carbocycles. The van der Waals surface area contributed by atoms with Crippen LogP contribution in [0.3, 0.4) is 0 Å². The van der Waals surface area contributed by atoms with Crippen molar-refractivity contribution in [2.45, 2.75) is 46.0 Å². The van der Waals surface area contributed by atoms with Crippen LogP contribution in [-0.2, 0) is 17.7 Å². The van der Waals surface area contributed by atoms with Gasteiger partial charge in [0.05, 0.1) is 6.34 Å². The molecule has 0 fully saturated rings. The van der Waals surface area contributed by atoms with E-state index in [-0.39, 0.29) is 36.4 Å². The van der Waals surface area contributed by atoms with Gasteiger partial charge in [-0.3, -0.25) is 20.6 Å². The van der Waals surface area contributed by atoms with Crippen LogP contribution in [0, 0.1) is 10.8 Å². The maximum absolute atomic E-state index is 12.6. The van der Waals surface area contributed by atoms with Crippen molar-refractivity contribution < 1.29 is 27.5 Å². The number of nitrogens with one attached hydrogen (secondary N) is 3. The Hall–Kier alpha value is -3.96. The second-order valence-electron chi connectivity index (χ2n) is 8.35. The van der Waals surface area contributed by atoms with Gasteiger partial charge in [-0.1, -0.05) is 18.7 Å². The highest BCUT2D eigenvalue weighted by atomic mass is 19.4. The Morgan fingerprint density at radius 2 is 2.06 bits per heavy atom. The number of halogens is 3. The van der Waals surface area contributed by atoms with Gasteiger partial charge in [-0.2, -0.15) is 13.2 Å². The van der Waals surface area contributed by atoms with Crippen LogP contribution < -0.4 is 5.32 Å². The fraction of sp³-hybridized carbons (Fsp3) is 0.375. The smallest absolute Gasteiger partial charge is 0.422 e. The van der Waals surface area contributed by atoms with Gasteiger partial charge in [0.1, 0.15) is 11.5 Å². The van der Waals surface area contributed by atoms with Gasteiger partial charge in [-0.25, -0.2) is 4.79 Å². The van der Waals surface area contributed by atoms with Crippen LogP contribution in [0.4, 0.5) is 18.0 Å². The lowest BCUT2D eigenvalue weighted by molar-refractivity contribution is -0.162. The number of allylic oxidation sites excluding steroid dienone is 3. The summed E-state index contributed by atoms with van der Waals surface area (Å²) in [5, 5.41) is 18.2. The summed E-state index contributed by atoms with van der Waals surface area (Å²) in [4.78, 5) is 31.3. The monoisotopic (exact) mass is 506 g/mol. The van der Waals surface area contributed by atoms with Crippen molar-refractivity contribution in [3.05, 3.63) is 65.2 Å². The van der Waals surface area contributed by atoms with Crippen molar-refractivity contribution in [2.24, 2.45) is 0 Å². The van der Waals surface area contributed by atoms with Crippen molar-refractivity contribution >= 4 is 24.2 Å². The molecule has 36 heavy (non-hydrogen) atoms. The molecule has 0 saturated heterocycles. The molecular weight excluding hydrogens is 477 g/mol. The highest BCUT2D eigenvalue weighted by molar-refractivity contribution is 6.01. The van der Waals surface area contributed by atoms with Crippen LogP contribution in [0.5, 0.6) is 0 Å². The molecule has 0 unspecified atom stereocenters. The van der Waals surface area contributed by atoms with Crippen LogP contribution in [0.25, 0.3) is 0 Å². The minimum atomic E-state index is -4.61. The highest BCUT2D eigenvalue weighted by Crippen LogP contribution is 2.21. The largest absolute Gasteiger partial charge is 0.440 e. The van der Waals surface area contributed by atoms with Crippen LogP contribution in [-0.4, -0.2) is 64.3 Å². The third-order valence-corrected chi connectivity index (χ3v) is 5.19. The SMILES string of the molecule is C=C(/C=C\C=C(/C)C(=N)N(C=N)C(C)C)NC(=O)c1cc2c(cn1)CCN(C(=O)OCC(F)(F)F)C2. The molecule has 0 aliphatic carbocycles. The predicted octanol–water partition coefficient (Wildman–Crippen LogP) is 4.18. The van der Waals surface area contributed by atoms with Crippen molar-refractivity contribution in [3.63, 3.8) is 0 Å². The van der Waals surface area contributed by atoms with E-state index in [4.69, 9.17) is 10.8 Å². The summed E-state index contributed by atoms with van der Waals surface area (Å²) in [5.74, 6) is -0.374. The van der Waals surface area contributed by atoms with E-state index in [9.17, 15) is 22.8 Å². The van der Waals surface area contributed by atoms with E-state index in [1.54, 1.807) is 19.1 Å². The topological polar surface area (TPSA) is 122 Å². The number of pyridine rings is 1. The molecule has 1 aromatic rings. The summed E-state index contributed by atoms with van der Waals surface area (Å²) in [6.45, 7) is 7.74. The summed E-state index contributed by atoms with van der Waals surface area (Å²) < 4.78 is 41.2. The van der Waals surface area contributed by atoms with Gasteiger partial charge in [0.15, 0.2) is 6.61 Å². The number of amidine groups is 1. The molecule has 0 atom stereocenters. The number of rotatable bonds is 8. The average Bonchev–Trinajstić information content (AvgIpc) is 2.81. The molecule has 2 amide bonds. The number of hydrogen-bond acceptors (Lipinski definition) is 6. The molecule has 2 heterocycles. The van der Waals surface area contributed by atoms with Gasteiger partial charge in [-0.15, -0.1) is 0 Å². The molecule has 0 bridgehead atoms. The zero-order valence-corrected chi connectivity index (χ0v) is 20.3. The Labute approximate surface area is 207 Å². The van der Waals surface area contributed by atoms with Crippen molar-refractivity contribution in [1.82, 2.24) is 20.1 Å². The average molecular weight is 507 g/mol. The quantitative estimate of drug-likeness (QED) is 0.277. The Morgan fingerprint density at radius 1 is 1.36 bits per heavy atom. The molecule has 1 aromatic heterocycles. The van der Waals surface area contributed by atoms with Gasteiger partial charge < -0.3 is 19.9 Å². The van der Waals surface area contributed by atoms with E-state index in [1.165, 1.54) is 23.2 Å². The zero-order valence-electron chi connectivity index (χ0n) is 20.3. The fourth-order valence-corrected chi connectivity index (χ4v) is 3.27. The van der Waals surface area contributed by atoms with Crippen LogP contribution in [0.1, 0.15) is 42.4 Å². The molecule has 12 heteroatoms. The number of aromatic nitrogens is 1. The highest BCUT2D eigenvalue weighted by Gasteiger charge is 2.31. The van der Waals surface area contributed by atoms with Gasteiger partial charge >= 0.3 is 12.3 Å². The molecule has 0 radical (unpaired) electrons. The minimum Gasteiger partial charge on any atom is -0.440 e. The molecule has 3 N–H and O–H groups in total. The van der Waals surface area contributed by atoms with Crippen LogP contribution in [0.2, 0.25) is 0 Å². The third kappa shape index (κ3) is 8.07. The number of ether oxygens (including phenoxy) is 1. The van der Waals surface area contributed by atoms with E-state index in [2.05, 4.69) is 21.6 Å². The number of hydrogen-bond donors (Lipinski definition) is 3. The summed E-state index contributed by atoms with van der Waals surface area (Å²) in [7, 11) is 0. The molecule has 1 aliphatic heterocycles. The van der Waals surface area contributed by atoms with E-state index in [0.29, 0.717) is 17.6 Å². The predicted molar refractivity (Wildman–Crippen MR) is 129 cm³/mol. The third-order valence-electron chi connectivity index (χ3n) is 5.19. The first kappa shape index (κ1) is 28.3. The lowest BCUT2D eigenvalue weighted by atomic mass is 10.0. The maximum atomic E-state index is 12.6. The first-order valence-electron chi connectivity index (χ1n) is 11.0. The van der Waals surface area contributed by atoms with E-state index < -0.39 is 24.8 Å². The van der Waals surface area contributed by atoms with Crippen molar-refractivity contribution in [1.29, 1.82) is 10.8 Å². The summed E-state index contributed by atoms with van der Waals surface area (Å²) >= 11 is 0. The normalized spacial score (nSPS) is 13.9. The number of carbonyl (C=O) groups is 2. The van der Waals surface area contributed by atoms with Crippen LogP contribution >= 0.6 is 0 Å². The van der Waals surface area contributed by atoms with E-state index in [0.717, 1.165) is 16.8 Å². The Morgan fingerprint density at radius 3 is 2.67 bits per heavy atom. The van der Waals surface area contributed by atoms with Crippen LogP contribution in [0.15, 0.2) is 48.3 Å². The molecular formula is C24H29F3N6O3. The summed E-state index contributed by atoms with van der Waals surface area (Å²) in [5.41, 5.74) is 2.30. The van der Waals surface area contributed by atoms with E-state index in [1.807, 2.05) is 13.8 Å². The second kappa shape index (κ2) is 12.1. The van der Waals surface area contributed by atoms with Gasteiger partial charge in [-0.05, 0) is 56.0 Å². The first-order valence-corrected chi connectivity index (χ1v) is 11.0. The molecule has 1 aliphatic rings. The number of carbonyl (C=O) groups excluding carboxylic acids is 2. The second-order valence-corrected chi connectivity index (χ2v) is 8.35. The Kier molecular flexibility index (Phi) is 9.53. The van der Waals surface area contributed by atoms with E-state index >= 15 is 0 Å². The number of alkyl halides is 3. The van der Waals surface area contributed by atoms with Gasteiger partial charge in [0, 0.05) is 31.0 Å². The fourth-order valence-electron chi connectivity index (χ4n) is 3.27. The lowest BCUT2D eigenvalue weighted by Crippen LogP contribution is -2.38. The maximum Gasteiger partial charge on any atom is 0.422 e. The molecule has 0 spiro atoms. The molecule has 9 nitrogen and oxygen atoms in total. The standard InChI is InChI=1S/C24H29F3N6O3/c1-15(2)33(14-28)21(29)16(3)6-5-7-17(4)31-22(34)20-10-19-12-32(9-8-18(19)11-30-20)23(35)36-13-24(25,26)27/h5-7,10-11,14-15,28-29H,4,8-9,12-13H2,1-3H3,(H,31,34)/b7-5-,16-6+,28-14?,29-21?. The zero-order chi connectivity index (χ0) is 27.0. The van der Waals surface area contributed by atoms with Gasteiger partial charge in [0.25, 0.3) is 5.91 Å². The number of fused-ring (bicyclic) bond motifs is 1. The lowest BCUT2D eigenvalue weighted by Gasteiger charge is -2.28. The number of amides is 2. The van der Waals surface area contributed by atoms with Crippen molar-refractivity contribution in [2.75, 3.05) is 13.2 Å². The molecule has 194 valence electrons. The summed E-state index contributed by atoms with van der Waals surface area (Å²) in [6.07, 6.45) is 2.07.